The summed E-state index contributed by atoms with van der Waals surface area (Å²) < 4.78 is 27.3. The largest absolute Gasteiger partial charge is 0.321 e. The molecule has 0 atom stereocenters. The SMILES string of the molecule is O=C(Nc1cccc2c1CNCC2)c1c(F)cccc1F. The van der Waals surface area contributed by atoms with E-state index >= 15 is 0 Å². The van der Waals surface area contributed by atoms with Crippen LogP contribution in [0.25, 0.3) is 0 Å². The molecular weight excluding hydrogens is 274 g/mol. The molecule has 21 heavy (non-hydrogen) atoms. The van der Waals surface area contributed by atoms with Crippen molar-refractivity contribution < 1.29 is 13.6 Å². The Bertz CT molecular complexity index is 680. The van der Waals surface area contributed by atoms with Gasteiger partial charge in [-0.25, -0.2) is 8.78 Å². The summed E-state index contributed by atoms with van der Waals surface area (Å²) in [6, 6.07) is 8.94. The lowest BCUT2D eigenvalue weighted by atomic mass is 9.99. The quantitative estimate of drug-likeness (QED) is 0.892. The van der Waals surface area contributed by atoms with Crippen LogP contribution in [-0.2, 0) is 13.0 Å². The molecule has 0 unspecified atom stereocenters. The first-order chi connectivity index (χ1) is 10.2. The first-order valence-electron chi connectivity index (χ1n) is 6.73. The van der Waals surface area contributed by atoms with Gasteiger partial charge in [-0.05, 0) is 42.3 Å². The molecule has 5 heteroatoms. The fourth-order valence-electron chi connectivity index (χ4n) is 2.53. The van der Waals surface area contributed by atoms with Gasteiger partial charge in [0.05, 0.1) is 0 Å². The predicted octanol–water partition coefficient (Wildman–Crippen LogP) is 2.86. The average molecular weight is 288 g/mol. The second kappa shape index (κ2) is 5.61. The van der Waals surface area contributed by atoms with Crippen molar-refractivity contribution in [2.75, 3.05) is 11.9 Å². The fraction of sp³-hybridized carbons (Fsp3) is 0.188. The van der Waals surface area contributed by atoms with Crippen LogP contribution in [0.1, 0.15) is 21.5 Å². The maximum Gasteiger partial charge on any atom is 0.261 e. The van der Waals surface area contributed by atoms with Crippen molar-refractivity contribution in [3.8, 4) is 0 Å². The zero-order valence-corrected chi connectivity index (χ0v) is 11.2. The summed E-state index contributed by atoms with van der Waals surface area (Å²) in [5.74, 6) is -2.50. The second-order valence-corrected chi connectivity index (χ2v) is 4.92. The third kappa shape index (κ3) is 2.64. The topological polar surface area (TPSA) is 41.1 Å². The van der Waals surface area contributed by atoms with E-state index in [9.17, 15) is 13.6 Å². The molecule has 1 amide bonds. The van der Waals surface area contributed by atoms with Gasteiger partial charge in [-0.3, -0.25) is 4.79 Å². The molecule has 0 radical (unpaired) electrons. The van der Waals surface area contributed by atoms with E-state index in [4.69, 9.17) is 0 Å². The van der Waals surface area contributed by atoms with E-state index in [0.717, 1.165) is 36.2 Å². The van der Waals surface area contributed by atoms with Crippen molar-refractivity contribution in [2.24, 2.45) is 0 Å². The molecule has 0 saturated heterocycles. The summed E-state index contributed by atoms with van der Waals surface area (Å²) in [4.78, 5) is 12.1. The molecule has 108 valence electrons. The minimum absolute atomic E-state index is 0.557. The van der Waals surface area contributed by atoms with Gasteiger partial charge in [0.2, 0.25) is 0 Å². The van der Waals surface area contributed by atoms with Crippen LogP contribution in [0.2, 0.25) is 0 Å². The van der Waals surface area contributed by atoms with Crippen LogP contribution in [0.3, 0.4) is 0 Å². The van der Waals surface area contributed by atoms with Crippen LogP contribution in [0.4, 0.5) is 14.5 Å². The molecule has 1 aliphatic heterocycles. The lowest BCUT2D eigenvalue weighted by molar-refractivity contribution is 0.101. The zero-order valence-electron chi connectivity index (χ0n) is 11.2. The number of carbonyl (C=O) groups is 1. The Balaban J connectivity index is 1.92. The maximum atomic E-state index is 13.6. The van der Waals surface area contributed by atoms with Gasteiger partial charge in [0.1, 0.15) is 17.2 Å². The standard InChI is InChI=1S/C16H14F2N2O/c17-12-4-2-5-13(18)15(12)16(21)20-14-6-1-3-10-7-8-19-9-11(10)14/h1-6,19H,7-9H2,(H,20,21). The van der Waals surface area contributed by atoms with Crippen molar-refractivity contribution >= 4 is 11.6 Å². The Kier molecular flexibility index (Phi) is 3.66. The number of fused-ring (bicyclic) bond motifs is 1. The lowest BCUT2D eigenvalue weighted by Crippen LogP contribution is -2.26. The first kappa shape index (κ1) is 13.7. The van der Waals surface area contributed by atoms with Crippen LogP contribution in [0, 0.1) is 11.6 Å². The highest BCUT2D eigenvalue weighted by Gasteiger charge is 2.19. The highest BCUT2D eigenvalue weighted by Crippen LogP contribution is 2.24. The van der Waals surface area contributed by atoms with E-state index in [2.05, 4.69) is 10.6 Å². The molecule has 3 rings (SSSR count). The number of hydrogen-bond acceptors (Lipinski definition) is 2. The van der Waals surface area contributed by atoms with Crippen LogP contribution >= 0.6 is 0 Å². The van der Waals surface area contributed by atoms with Gasteiger partial charge in [0.15, 0.2) is 0 Å². The van der Waals surface area contributed by atoms with E-state index in [-0.39, 0.29) is 0 Å². The number of amides is 1. The number of halogens is 2. The summed E-state index contributed by atoms with van der Waals surface area (Å²) in [5, 5.41) is 5.83. The summed E-state index contributed by atoms with van der Waals surface area (Å²) in [7, 11) is 0. The molecule has 0 aromatic heterocycles. The van der Waals surface area contributed by atoms with Crippen LogP contribution in [0.15, 0.2) is 36.4 Å². The number of hydrogen-bond donors (Lipinski definition) is 2. The van der Waals surface area contributed by atoms with E-state index in [1.54, 1.807) is 6.07 Å². The Hall–Kier alpha value is -2.27. The predicted molar refractivity (Wildman–Crippen MR) is 76.2 cm³/mol. The summed E-state index contributed by atoms with van der Waals surface area (Å²) in [6.45, 7) is 1.51. The van der Waals surface area contributed by atoms with Crippen molar-refractivity contribution in [2.45, 2.75) is 13.0 Å². The Labute approximate surface area is 121 Å². The van der Waals surface area contributed by atoms with Gasteiger partial charge in [0, 0.05) is 12.2 Å². The molecule has 0 aliphatic carbocycles. The normalized spacial score (nSPS) is 13.6. The van der Waals surface area contributed by atoms with E-state index < -0.39 is 23.1 Å². The molecule has 0 bridgehead atoms. The molecular formula is C16H14F2N2O. The molecule has 1 aliphatic rings. The molecule has 0 spiro atoms. The molecule has 3 nitrogen and oxygen atoms in total. The Morgan fingerprint density at radius 1 is 1.10 bits per heavy atom. The Morgan fingerprint density at radius 3 is 2.57 bits per heavy atom. The van der Waals surface area contributed by atoms with Crippen LogP contribution < -0.4 is 10.6 Å². The van der Waals surface area contributed by atoms with Gasteiger partial charge in [-0.1, -0.05) is 18.2 Å². The third-order valence-electron chi connectivity index (χ3n) is 3.58. The second-order valence-electron chi connectivity index (χ2n) is 4.92. The van der Waals surface area contributed by atoms with E-state index in [1.807, 2.05) is 12.1 Å². The zero-order chi connectivity index (χ0) is 14.8. The van der Waals surface area contributed by atoms with Crippen LogP contribution in [0.5, 0.6) is 0 Å². The van der Waals surface area contributed by atoms with Crippen LogP contribution in [-0.4, -0.2) is 12.5 Å². The Morgan fingerprint density at radius 2 is 1.81 bits per heavy atom. The third-order valence-corrected chi connectivity index (χ3v) is 3.58. The number of carbonyl (C=O) groups excluding carboxylic acids is 1. The number of benzene rings is 2. The monoisotopic (exact) mass is 288 g/mol. The molecule has 2 aromatic rings. The van der Waals surface area contributed by atoms with Crippen molar-refractivity contribution in [3.63, 3.8) is 0 Å². The fourth-order valence-corrected chi connectivity index (χ4v) is 2.53. The number of anilines is 1. The van der Waals surface area contributed by atoms with Gasteiger partial charge in [-0.2, -0.15) is 0 Å². The van der Waals surface area contributed by atoms with Gasteiger partial charge in [0.25, 0.3) is 5.91 Å². The molecule has 0 saturated carbocycles. The molecule has 2 N–H and O–H groups in total. The summed E-state index contributed by atoms with van der Waals surface area (Å²) in [6.07, 6.45) is 0.868. The lowest BCUT2D eigenvalue weighted by Gasteiger charge is -2.20. The average Bonchev–Trinajstić information content (AvgIpc) is 2.47. The van der Waals surface area contributed by atoms with Crippen molar-refractivity contribution in [1.29, 1.82) is 0 Å². The molecule has 1 heterocycles. The summed E-state index contributed by atoms with van der Waals surface area (Å²) >= 11 is 0. The minimum atomic E-state index is -0.865. The van der Waals surface area contributed by atoms with Gasteiger partial charge >= 0.3 is 0 Å². The maximum absolute atomic E-state index is 13.6. The highest BCUT2D eigenvalue weighted by molar-refractivity contribution is 6.05. The number of nitrogens with one attached hydrogen (secondary N) is 2. The molecule has 2 aromatic carbocycles. The summed E-state index contributed by atoms with van der Waals surface area (Å²) in [5.41, 5.74) is 2.14. The van der Waals surface area contributed by atoms with Crippen molar-refractivity contribution in [3.05, 3.63) is 64.7 Å². The van der Waals surface area contributed by atoms with E-state index in [1.165, 1.54) is 6.07 Å². The van der Waals surface area contributed by atoms with Gasteiger partial charge in [-0.15, -0.1) is 0 Å². The van der Waals surface area contributed by atoms with Crippen molar-refractivity contribution in [1.82, 2.24) is 5.32 Å². The minimum Gasteiger partial charge on any atom is -0.321 e. The van der Waals surface area contributed by atoms with E-state index in [0.29, 0.717) is 12.2 Å². The highest BCUT2D eigenvalue weighted by atomic mass is 19.1. The molecule has 0 fully saturated rings. The van der Waals surface area contributed by atoms with Gasteiger partial charge < -0.3 is 10.6 Å². The smallest absolute Gasteiger partial charge is 0.261 e. The first-order valence-corrected chi connectivity index (χ1v) is 6.73. The number of rotatable bonds is 2.